The Bertz CT molecular complexity index is 779. The number of pyridine rings is 1. The predicted molar refractivity (Wildman–Crippen MR) is 99.0 cm³/mol. The summed E-state index contributed by atoms with van der Waals surface area (Å²) < 4.78 is 0. The second kappa shape index (κ2) is 8.33. The van der Waals surface area contributed by atoms with Gasteiger partial charge in [-0.15, -0.1) is 0 Å². The third-order valence-corrected chi connectivity index (χ3v) is 4.31. The minimum absolute atomic E-state index is 0.00399. The number of hydrazone groups is 1. The molecule has 0 radical (unpaired) electrons. The van der Waals surface area contributed by atoms with Crippen molar-refractivity contribution in [1.29, 1.82) is 0 Å². The van der Waals surface area contributed by atoms with Crippen molar-refractivity contribution in [2.24, 2.45) is 5.10 Å². The van der Waals surface area contributed by atoms with Crippen LogP contribution in [0.15, 0.2) is 35.4 Å². The van der Waals surface area contributed by atoms with Crippen molar-refractivity contribution in [3.8, 4) is 0 Å². The van der Waals surface area contributed by atoms with E-state index in [1.165, 1.54) is 0 Å². The Morgan fingerprint density at radius 2 is 1.88 bits per heavy atom. The Hall–Kier alpha value is -1.82. The lowest BCUT2D eigenvalue weighted by Gasteiger charge is -2.09. The molecular weight excluding hydrogens is 371 g/mol. The van der Waals surface area contributed by atoms with Crippen molar-refractivity contribution >= 4 is 52.1 Å². The van der Waals surface area contributed by atoms with Crippen LogP contribution in [0, 0.1) is 0 Å². The minimum atomic E-state index is -0.616. The highest BCUT2D eigenvalue weighted by molar-refractivity contribution is 6.46. The van der Waals surface area contributed by atoms with Crippen LogP contribution in [0.4, 0.5) is 5.69 Å². The molecule has 0 saturated carbocycles. The third-order valence-electron chi connectivity index (χ3n) is 3.17. The number of halogens is 3. The molecule has 3 N–H and O–H groups in total. The van der Waals surface area contributed by atoms with Crippen LogP contribution in [0.25, 0.3) is 0 Å². The number of amides is 1. The molecule has 126 valence electrons. The van der Waals surface area contributed by atoms with Crippen LogP contribution >= 0.6 is 34.8 Å². The lowest BCUT2D eigenvalue weighted by atomic mass is 10.1. The number of carbonyl (C=O) groups excluding carboxylic acids is 1. The molecule has 2 rings (SSSR count). The number of nitrogen functional groups attached to an aromatic ring is 1. The zero-order valence-electron chi connectivity index (χ0n) is 12.8. The highest BCUT2D eigenvalue weighted by atomic mass is 35.5. The average molecular weight is 386 g/mol. The van der Waals surface area contributed by atoms with Gasteiger partial charge in [-0.05, 0) is 12.0 Å². The van der Waals surface area contributed by atoms with E-state index in [9.17, 15) is 4.79 Å². The van der Waals surface area contributed by atoms with E-state index in [1.54, 1.807) is 0 Å². The minimum Gasteiger partial charge on any atom is -0.396 e. The van der Waals surface area contributed by atoms with Gasteiger partial charge in [-0.25, -0.2) is 10.4 Å². The molecule has 1 heterocycles. The fourth-order valence-electron chi connectivity index (χ4n) is 1.99. The summed E-state index contributed by atoms with van der Waals surface area (Å²) in [5.74, 6) is -0.616. The number of benzene rings is 1. The molecule has 5 nitrogen and oxygen atoms in total. The number of nitrogens with zero attached hydrogens (tertiary/aromatic N) is 2. The molecule has 0 atom stereocenters. The first kappa shape index (κ1) is 18.5. The van der Waals surface area contributed by atoms with Gasteiger partial charge in [0, 0.05) is 0 Å². The third kappa shape index (κ3) is 4.17. The summed E-state index contributed by atoms with van der Waals surface area (Å²) in [4.78, 5) is 16.2. The van der Waals surface area contributed by atoms with Crippen molar-refractivity contribution in [3.63, 3.8) is 0 Å². The molecule has 1 aromatic carbocycles. The molecule has 2 aromatic rings. The van der Waals surface area contributed by atoms with Crippen molar-refractivity contribution in [2.45, 2.75) is 19.8 Å². The molecule has 1 aromatic heterocycles. The van der Waals surface area contributed by atoms with E-state index in [2.05, 4.69) is 15.5 Å². The van der Waals surface area contributed by atoms with E-state index < -0.39 is 5.91 Å². The number of aromatic nitrogens is 1. The van der Waals surface area contributed by atoms with Gasteiger partial charge in [0.2, 0.25) is 0 Å². The van der Waals surface area contributed by atoms with Gasteiger partial charge in [-0.1, -0.05) is 78.5 Å². The topological polar surface area (TPSA) is 80.4 Å². The summed E-state index contributed by atoms with van der Waals surface area (Å²) >= 11 is 17.7. The molecule has 0 saturated heterocycles. The summed E-state index contributed by atoms with van der Waals surface area (Å²) in [5, 5.41) is 4.04. The maximum Gasteiger partial charge on any atom is 0.291 e. The van der Waals surface area contributed by atoms with E-state index in [-0.39, 0.29) is 26.6 Å². The second-order valence-electron chi connectivity index (χ2n) is 4.91. The summed E-state index contributed by atoms with van der Waals surface area (Å²) in [5.41, 5.74) is 9.70. The van der Waals surface area contributed by atoms with Crippen molar-refractivity contribution in [2.75, 3.05) is 5.73 Å². The van der Waals surface area contributed by atoms with Gasteiger partial charge in [-0.2, -0.15) is 5.10 Å². The van der Waals surface area contributed by atoms with Crippen LogP contribution in [-0.4, -0.2) is 16.6 Å². The van der Waals surface area contributed by atoms with Gasteiger partial charge in [-0.3, -0.25) is 4.79 Å². The highest BCUT2D eigenvalue weighted by Crippen LogP contribution is 2.34. The first-order chi connectivity index (χ1) is 11.5. The Labute approximate surface area is 154 Å². The Kier molecular flexibility index (Phi) is 6.43. The lowest BCUT2D eigenvalue weighted by molar-refractivity contribution is 0.0950. The summed E-state index contributed by atoms with van der Waals surface area (Å²) in [6.07, 6.45) is 1.58. The first-order valence-corrected chi connectivity index (χ1v) is 8.31. The van der Waals surface area contributed by atoms with Gasteiger partial charge < -0.3 is 5.73 Å². The summed E-state index contributed by atoms with van der Waals surface area (Å²) in [7, 11) is 0. The molecule has 0 aliphatic heterocycles. The number of hydrogen-bond donors (Lipinski definition) is 2. The molecule has 0 fully saturated rings. The van der Waals surface area contributed by atoms with Crippen LogP contribution in [-0.2, 0) is 0 Å². The van der Waals surface area contributed by atoms with Crippen molar-refractivity contribution in [1.82, 2.24) is 10.4 Å². The lowest BCUT2D eigenvalue weighted by Crippen LogP contribution is -2.22. The van der Waals surface area contributed by atoms with Gasteiger partial charge in [0.05, 0.1) is 16.4 Å². The molecule has 0 aliphatic rings. The maximum absolute atomic E-state index is 12.3. The Morgan fingerprint density at radius 3 is 2.50 bits per heavy atom. The van der Waals surface area contributed by atoms with Crippen LogP contribution in [0.1, 0.15) is 35.8 Å². The Balaban J connectivity index is 2.28. The monoisotopic (exact) mass is 384 g/mol. The summed E-state index contributed by atoms with van der Waals surface area (Å²) in [6.45, 7) is 2.03. The molecule has 24 heavy (non-hydrogen) atoms. The van der Waals surface area contributed by atoms with Gasteiger partial charge in [0.1, 0.15) is 5.02 Å². The Morgan fingerprint density at radius 1 is 1.21 bits per heavy atom. The van der Waals surface area contributed by atoms with E-state index in [0.717, 1.165) is 17.7 Å². The van der Waals surface area contributed by atoms with Crippen LogP contribution in [0.5, 0.6) is 0 Å². The molecule has 1 amide bonds. The van der Waals surface area contributed by atoms with Gasteiger partial charge in [0.15, 0.2) is 10.8 Å². The van der Waals surface area contributed by atoms with E-state index in [0.29, 0.717) is 6.42 Å². The molecule has 0 unspecified atom stereocenters. The second-order valence-corrected chi connectivity index (χ2v) is 6.02. The molecule has 0 bridgehead atoms. The number of rotatable bonds is 5. The molecule has 0 spiro atoms. The van der Waals surface area contributed by atoms with Crippen molar-refractivity contribution in [3.05, 3.63) is 56.8 Å². The van der Waals surface area contributed by atoms with E-state index in [4.69, 9.17) is 40.5 Å². The number of anilines is 1. The van der Waals surface area contributed by atoms with Crippen LogP contribution < -0.4 is 11.2 Å². The number of hydrogen-bond acceptors (Lipinski definition) is 4. The quantitative estimate of drug-likeness (QED) is 0.450. The number of carbonyl (C=O) groups is 1. The highest BCUT2D eigenvalue weighted by Gasteiger charge is 2.19. The normalized spacial score (nSPS) is 11.4. The van der Waals surface area contributed by atoms with Crippen LogP contribution in [0.3, 0.4) is 0 Å². The average Bonchev–Trinajstić information content (AvgIpc) is 2.60. The first-order valence-electron chi connectivity index (χ1n) is 7.18. The zero-order chi connectivity index (χ0) is 17.7. The van der Waals surface area contributed by atoms with Gasteiger partial charge >= 0.3 is 0 Å². The maximum atomic E-state index is 12.3. The molecule has 8 heteroatoms. The van der Waals surface area contributed by atoms with Gasteiger partial charge in [0.25, 0.3) is 5.91 Å². The molecular formula is C16H15Cl3N4O. The SMILES string of the molecule is CCC/C(=N\NC(=O)c1nc(Cl)c(Cl)c(N)c1Cl)c1ccccc1. The number of nitrogens with one attached hydrogen (secondary N) is 1. The smallest absolute Gasteiger partial charge is 0.291 e. The van der Waals surface area contributed by atoms with E-state index in [1.807, 2.05) is 37.3 Å². The van der Waals surface area contributed by atoms with Crippen LogP contribution in [0.2, 0.25) is 15.2 Å². The fraction of sp³-hybridized carbons (Fsp3) is 0.188. The number of nitrogens with two attached hydrogens (primary N) is 1. The predicted octanol–water partition coefficient (Wildman–Crippen LogP) is 4.56. The largest absolute Gasteiger partial charge is 0.396 e. The fourth-order valence-corrected chi connectivity index (χ4v) is 2.58. The van der Waals surface area contributed by atoms with E-state index >= 15 is 0 Å². The van der Waals surface area contributed by atoms with Crippen molar-refractivity contribution < 1.29 is 4.79 Å². The standard InChI is InChI=1S/C16H15Cl3N4O/c1-2-6-10(9-7-4-3-5-8-9)22-23-16(24)14-11(17)13(20)12(18)15(19)21-14/h3-5,7-8H,2,6H2,1H3,(H2,20,21)(H,23,24)/b22-10+. The summed E-state index contributed by atoms with van der Waals surface area (Å²) in [6, 6.07) is 9.56. The molecule has 0 aliphatic carbocycles. The zero-order valence-corrected chi connectivity index (χ0v) is 15.1.